The number of pyridine rings is 1. The first kappa shape index (κ1) is 13.6. The van der Waals surface area contributed by atoms with Crippen LogP contribution in [-0.4, -0.2) is 41.2 Å². The molecule has 0 atom stereocenters. The maximum atomic E-state index is 12.2. The molecule has 1 aromatic rings. The number of amides is 1. The molecule has 5 nitrogen and oxygen atoms in total. The Kier molecular flexibility index (Phi) is 4.59. The summed E-state index contributed by atoms with van der Waals surface area (Å²) in [5.74, 6) is -0.119. The first-order valence-electron chi connectivity index (χ1n) is 5.97. The predicted octanol–water partition coefficient (Wildman–Crippen LogP) is 1.18. The van der Waals surface area contributed by atoms with Crippen LogP contribution in [0, 0.1) is 0 Å². The Hall–Kier alpha value is -1.79. The second-order valence-corrected chi connectivity index (χ2v) is 4.43. The summed E-state index contributed by atoms with van der Waals surface area (Å²) >= 11 is 5.15. The van der Waals surface area contributed by atoms with E-state index in [1.54, 1.807) is 24.3 Å². The molecule has 2 rings (SSSR count). The maximum Gasteiger partial charge on any atom is 0.276 e. The highest BCUT2D eigenvalue weighted by atomic mass is 32.1. The normalized spacial score (nSPS) is 17.1. The number of rotatable bonds is 5. The molecule has 2 heterocycles. The molecule has 6 heteroatoms. The minimum atomic E-state index is -0.119. The molecule has 1 aliphatic heterocycles. The van der Waals surface area contributed by atoms with Crippen LogP contribution in [0.4, 0.5) is 0 Å². The Morgan fingerprint density at radius 3 is 3.05 bits per heavy atom. The van der Waals surface area contributed by atoms with Gasteiger partial charge in [-0.2, -0.15) is 0 Å². The molecule has 1 N–H and O–H groups in total. The number of thiocarbonyl (C=S) groups is 1. The Morgan fingerprint density at radius 2 is 2.37 bits per heavy atom. The Balaban J connectivity index is 2.07. The summed E-state index contributed by atoms with van der Waals surface area (Å²) < 4.78 is 4.97. The second kappa shape index (κ2) is 6.40. The molecule has 1 amide bonds. The predicted molar refractivity (Wildman–Crippen MR) is 76.2 cm³/mol. The van der Waals surface area contributed by atoms with E-state index < -0.39 is 0 Å². The van der Waals surface area contributed by atoms with Crippen LogP contribution in [0.2, 0.25) is 0 Å². The zero-order valence-corrected chi connectivity index (χ0v) is 11.4. The van der Waals surface area contributed by atoms with E-state index in [0.717, 1.165) is 12.1 Å². The average molecular weight is 277 g/mol. The monoisotopic (exact) mass is 277 g/mol. The number of hydrogen-bond acceptors (Lipinski definition) is 4. The Labute approximate surface area is 117 Å². The van der Waals surface area contributed by atoms with Crippen molar-refractivity contribution >= 4 is 29.3 Å². The molecule has 0 aromatic carbocycles. The fourth-order valence-corrected chi connectivity index (χ4v) is 2.04. The molecular weight excluding hydrogens is 262 g/mol. The zero-order chi connectivity index (χ0) is 13.7. The zero-order valence-electron chi connectivity index (χ0n) is 10.6. The summed E-state index contributed by atoms with van der Waals surface area (Å²) in [7, 11) is 1.63. The van der Waals surface area contributed by atoms with Gasteiger partial charge in [-0.1, -0.05) is 6.07 Å². The van der Waals surface area contributed by atoms with E-state index >= 15 is 0 Å². The molecule has 1 saturated heterocycles. The topological polar surface area (TPSA) is 54.5 Å². The van der Waals surface area contributed by atoms with Crippen molar-refractivity contribution in [2.24, 2.45) is 0 Å². The summed E-state index contributed by atoms with van der Waals surface area (Å²) in [5, 5.41) is 3.35. The molecule has 0 aliphatic carbocycles. The lowest BCUT2D eigenvalue weighted by Crippen LogP contribution is -2.32. The van der Waals surface area contributed by atoms with Gasteiger partial charge >= 0.3 is 0 Å². The summed E-state index contributed by atoms with van der Waals surface area (Å²) in [6, 6.07) is 5.53. The minimum Gasteiger partial charge on any atom is -0.385 e. The van der Waals surface area contributed by atoms with Gasteiger partial charge < -0.3 is 10.1 Å². The Bertz CT molecular complexity index is 502. The van der Waals surface area contributed by atoms with E-state index in [9.17, 15) is 4.79 Å². The second-order valence-electron chi connectivity index (χ2n) is 4.05. The van der Waals surface area contributed by atoms with Gasteiger partial charge in [-0.05, 0) is 36.8 Å². The number of aromatic nitrogens is 1. The van der Waals surface area contributed by atoms with E-state index in [-0.39, 0.29) is 5.91 Å². The number of nitrogens with zero attached hydrogens (tertiary/aromatic N) is 2. The highest BCUT2D eigenvalue weighted by molar-refractivity contribution is 7.80. The third kappa shape index (κ3) is 3.36. The molecule has 1 fully saturated rings. The number of carbonyl (C=O) groups is 1. The fraction of sp³-hybridized carbons (Fsp3) is 0.308. The first-order chi connectivity index (χ1) is 9.22. The van der Waals surface area contributed by atoms with Crippen LogP contribution in [0.5, 0.6) is 0 Å². The van der Waals surface area contributed by atoms with Gasteiger partial charge in [0.25, 0.3) is 5.91 Å². The van der Waals surface area contributed by atoms with Crippen molar-refractivity contribution in [1.82, 2.24) is 15.2 Å². The molecular formula is C13H15N3O2S. The third-order valence-corrected chi connectivity index (χ3v) is 2.99. The lowest BCUT2D eigenvalue weighted by Gasteiger charge is -2.12. The van der Waals surface area contributed by atoms with E-state index in [1.165, 1.54) is 0 Å². The molecule has 100 valence electrons. The van der Waals surface area contributed by atoms with Crippen LogP contribution in [-0.2, 0) is 9.53 Å². The van der Waals surface area contributed by atoms with Gasteiger partial charge in [0.1, 0.15) is 5.70 Å². The van der Waals surface area contributed by atoms with Crippen molar-refractivity contribution < 1.29 is 9.53 Å². The van der Waals surface area contributed by atoms with E-state index in [1.807, 2.05) is 18.2 Å². The van der Waals surface area contributed by atoms with E-state index in [4.69, 9.17) is 17.0 Å². The van der Waals surface area contributed by atoms with Gasteiger partial charge in [0.2, 0.25) is 0 Å². The van der Waals surface area contributed by atoms with Crippen molar-refractivity contribution in [3.8, 4) is 0 Å². The van der Waals surface area contributed by atoms with Crippen molar-refractivity contribution in [1.29, 1.82) is 0 Å². The SMILES string of the molecule is COCCCN1C(=O)/C(=C\c2ccccn2)NC1=S. The third-order valence-electron chi connectivity index (χ3n) is 2.67. The molecule has 0 unspecified atom stereocenters. The van der Waals surface area contributed by atoms with Crippen molar-refractivity contribution in [3.05, 3.63) is 35.8 Å². The van der Waals surface area contributed by atoms with Crippen molar-refractivity contribution in [2.45, 2.75) is 6.42 Å². The standard InChI is InChI=1S/C13H15N3O2S/c1-18-8-4-7-16-12(17)11(15-13(16)19)9-10-5-2-3-6-14-10/h2-3,5-6,9H,4,7-8H2,1H3,(H,15,19)/b11-9+. The van der Waals surface area contributed by atoms with Crippen molar-refractivity contribution in [3.63, 3.8) is 0 Å². The van der Waals surface area contributed by atoms with Gasteiger partial charge in [0.15, 0.2) is 5.11 Å². The minimum absolute atomic E-state index is 0.119. The molecule has 19 heavy (non-hydrogen) atoms. The summed E-state index contributed by atoms with van der Waals surface area (Å²) in [6.07, 6.45) is 4.13. The number of methoxy groups -OCH3 is 1. The number of hydrogen-bond donors (Lipinski definition) is 1. The highest BCUT2D eigenvalue weighted by Gasteiger charge is 2.29. The smallest absolute Gasteiger partial charge is 0.276 e. The van der Waals surface area contributed by atoms with Crippen molar-refractivity contribution in [2.75, 3.05) is 20.3 Å². The molecule has 1 aromatic heterocycles. The Morgan fingerprint density at radius 1 is 1.53 bits per heavy atom. The highest BCUT2D eigenvalue weighted by Crippen LogP contribution is 2.13. The van der Waals surface area contributed by atoms with Gasteiger partial charge in [0, 0.05) is 26.5 Å². The van der Waals surface area contributed by atoms with Crippen LogP contribution < -0.4 is 5.32 Å². The quantitative estimate of drug-likeness (QED) is 0.497. The molecule has 0 bridgehead atoms. The van der Waals surface area contributed by atoms with Gasteiger partial charge in [-0.25, -0.2) is 0 Å². The number of nitrogens with one attached hydrogen (secondary N) is 1. The maximum absolute atomic E-state index is 12.2. The summed E-state index contributed by atoms with van der Waals surface area (Å²) in [4.78, 5) is 17.9. The first-order valence-corrected chi connectivity index (χ1v) is 6.37. The van der Waals surface area contributed by atoms with Crippen LogP contribution in [0.15, 0.2) is 30.1 Å². The van der Waals surface area contributed by atoms with Gasteiger partial charge in [-0.15, -0.1) is 0 Å². The molecule has 1 aliphatic rings. The lowest BCUT2D eigenvalue weighted by atomic mass is 10.3. The number of carbonyl (C=O) groups excluding carboxylic acids is 1. The van der Waals surface area contributed by atoms with Gasteiger partial charge in [-0.3, -0.25) is 14.7 Å². The lowest BCUT2D eigenvalue weighted by molar-refractivity contribution is -0.122. The number of ether oxygens (including phenoxy) is 1. The summed E-state index contributed by atoms with van der Waals surface area (Å²) in [5.41, 5.74) is 1.18. The van der Waals surface area contributed by atoms with Crippen LogP contribution >= 0.6 is 12.2 Å². The van der Waals surface area contributed by atoms with Gasteiger partial charge in [0.05, 0.1) is 5.69 Å². The van der Waals surface area contributed by atoms with Crippen LogP contribution in [0.25, 0.3) is 6.08 Å². The largest absolute Gasteiger partial charge is 0.385 e. The molecule has 0 spiro atoms. The molecule has 0 radical (unpaired) electrons. The van der Waals surface area contributed by atoms with Crippen LogP contribution in [0.1, 0.15) is 12.1 Å². The van der Waals surface area contributed by atoms with E-state index in [0.29, 0.717) is 24.0 Å². The summed E-state index contributed by atoms with van der Waals surface area (Å²) in [6.45, 7) is 1.16. The average Bonchev–Trinajstić information content (AvgIpc) is 2.68. The molecule has 0 saturated carbocycles. The van der Waals surface area contributed by atoms with Crippen LogP contribution in [0.3, 0.4) is 0 Å². The fourth-order valence-electron chi connectivity index (χ4n) is 1.75. The van der Waals surface area contributed by atoms with E-state index in [2.05, 4.69) is 10.3 Å².